The van der Waals surface area contributed by atoms with E-state index in [0.717, 1.165) is 15.6 Å². The van der Waals surface area contributed by atoms with Gasteiger partial charge in [0.05, 0.1) is 23.5 Å². The van der Waals surface area contributed by atoms with Crippen LogP contribution in [0.2, 0.25) is 0 Å². The van der Waals surface area contributed by atoms with Gasteiger partial charge in [-0.1, -0.05) is 0 Å². The lowest BCUT2D eigenvalue weighted by Gasteiger charge is -2.20. The van der Waals surface area contributed by atoms with Crippen molar-refractivity contribution in [3.05, 3.63) is 22.4 Å². The number of aliphatic hydroxyl groups is 1. The Labute approximate surface area is 112 Å². The first kappa shape index (κ1) is 13.9. The number of rotatable bonds is 4. The number of amides is 1. The molecule has 20 heavy (non-hydrogen) atoms. The number of nitrogens with zero attached hydrogens (tertiary/aromatic N) is 4. The summed E-state index contributed by atoms with van der Waals surface area (Å²) < 4.78 is 1.06. The number of aliphatic carboxylic acids is 1. The highest BCUT2D eigenvalue weighted by Crippen LogP contribution is 2.19. The van der Waals surface area contributed by atoms with Crippen LogP contribution in [0.5, 0.6) is 0 Å². The van der Waals surface area contributed by atoms with Gasteiger partial charge in [0.1, 0.15) is 12.6 Å². The van der Waals surface area contributed by atoms with Crippen molar-refractivity contribution in [2.75, 3.05) is 6.54 Å². The van der Waals surface area contributed by atoms with Crippen LogP contribution in [0, 0.1) is 10.1 Å². The van der Waals surface area contributed by atoms with Crippen molar-refractivity contribution in [1.29, 1.82) is 0 Å². The third-order valence-corrected chi connectivity index (χ3v) is 3.00. The Bertz CT molecular complexity index is 556. The number of nitro groups is 1. The van der Waals surface area contributed by atoms with Crippen molar-refractivity contribution in [2.24, 2.45) is 0 Å². The topological polar surface area (TPSA) is 139 Å². The Balaban J connectivity index is 2.07. The monoisotopic (exact) mass is 284 g/mol. The van der Waals surface area contributed by atoms with E-state index in [1.54, 1.807) is 0 Å². The standard InChI is InChI=1S/C10H12N4O6/c15-6-3-7(10(17)18)13(4-6)9(16)5-12-2-1-8(11-12)14(19)20/h1-2,6-7,15H,3-5H2,(H,17,18)/t6-,7-/m0/s1. The maximum absolute atomic E-state index is 12.0. The molecule has 0 spiro atoms. The van der Waals surface area contributed by atoms with Crippen LogP contribution in [0.1, 0.15) is 6.42 Å². The summed E-state index contributed by atoms with van der Waals surface area (Å²) in [5.41, 5.74) is 0. The molecule has 10 nitrogen and oxygen atoms in total. The van der Waals surface area contributed by atoms with Crippen molar-refractivity contribution in [3.8, 4) is 0 Å². The zero-order valence-electron chi connectivity index (χ0n) is 10.2. The highest BCUT2D eigenvalue weighted by molar-refractivity contribution is 5.84. The quantitative estimate of drug-likeness (QED) is 0.525. The molecular weight excluding hydrogens is 272 g/mol. The number of carbonyl (C=O) groups is 2. The van der Waals surface area contributed by atoms with Gasteiger partial charge in [0, 0.05) is 13.0 Å². The van der Waals surface area contributed by atoms with Crippen molar-refractivity contribution in [2.45, 2.75) is 25.1 Å². The fourth-order valence-corrected chi connectivity index (χ4v) is 2.09. The Morgan fingerprint density at radius 2 is 2.25 bits per heavy atom. The Morgan fingerprint density at radius 1 is 1.55 bits per heavy atom. The molecule has 1 amide bonds. The molecule has 1 aromatic heterocycles. The van der Waals surface area contributed by atoms with Crippen molar-refractivity contribution < 1.29 is 24.7 Å². The molecule has 108 valence electrons. The third-order valence-electron chi connectivity index (χ3n) is 3.00. The maximum atomic E-state index is 12.0. The summed E-state index contributed by atoms with van der Waals surface area (Å²) in [6, 6.07) is 0.0592. The van der Waals surface area contributed by atoms with Crippen molar-refractivity contribution in [3.63, 3.8) is 0 Å². The molecule has 0 unspecified atom stereocenters. The van der Waals surface area contributed by atoms with Gasteiger partial charge >= 0.3 is 11.8 Å². The third kappa shape index (κ3) is 2.74. The van der Waals surface area contributed by atoms with Crippen LogP contribution < -0.4 is 0 Å². The van der Waals surface area contributed by atoms with Gasteiger partial charge in [-0.2, -0.15) is 4.68 Å². The molecule has 10 heteroatoms. The van der Waals surface area contributed by atoms with E-state index in [1.165, 1.54) is 6.20 Å². The highest BCUT2D eigenvalue weighted by Gasteiger charge is 2.39. The molecule has 2 N–H and O–H groups in total. The smallest absolute Gasteiger partial charge is 0.389 e. The van der Waals surface area contributed by atoms with Crippen LogP contribution >= 0.6 is 0 Å². The normalized spacial score (nSPS) is 21.9. The van der Waals surface area contributed by atoms with E-state index in [-0.39, 0.29) is 19.5 Å². The lowest BCUT2D eigenvalue weighted by molar-refractivity contribution is -0.389. The number of carbonyl (C=O) groups excluding carboxylic acids is 1. The molecule has 2 rings (SSSR count). The Kier molecular flexibility index (Phi) is 3.66. The second kappa shape index (κ2) is 5.25. The van der Waals surface area contributed by atoms with Gasteiger partial charge in [0.25, 0.3) is 0 Å². The molecule has 2 heterocycles. The molecule has 1 aliphatic rings. The van der Waals surface area contributed by atoms with Gasteiger partial charge in [0.15, 0.2) is 0 Å². The van der Waals surface area contributed by atoms with Gasteiger partial charge in [-0.3, -0.25) is 4.79 Å². The molecule has 1 aromatic rings. The lowest BCUT2D eigenvalue weighted by Crippen LogP contribution is -2.42. The number of carboxylic acid groups (broad SMARTS) is 1. The summed E-state index contributed by atoms with van der Waals surface area (Å²) in [6.07, 6.45) is 0.352. The van der Waals surface area contributed by atoms with Gasteiger partial charge in [-0.25, -0.2) is 4.79 Å². The average molecular weight is 284 g/mol. The summed E-state index contributed by atoms with van der Waals surface area (Å²) in [7, 11) is 0. The SMILES string of the molecule is O=C(O)[C@@H]1C[C@H](O)CN1C(=O)Cn1ccc([N+](=O)[O-])n1. The molecule has 1 saturated heterocycles. The summed E-state index contributed by atoms with van der Waals surface area (Å²) in [6.45, 7) is -0.385. The zero-order valence-corrected chi connectivity index (χ0v) is 10.2. The van der Waals surface area contributed by atoms with Crippen molar-refractivity contribution >= 4 is 17.7 Å². The van der Waals surface area contributed by atoms with E-state index >= 15 is 0 Å². The number of aromatic nitrogens is 2. The van der Waals surface area contributed by atoms with Crippen molar-refractivity contribution in [1.82, 2.24) is 14.7 Å². The fraction of sp³-hybridized carbons (Fsp3) is 0.500. The second-order valence-electron chi connectivity index (χ2n) is 4.42. The van der Waals surface area contributed by atoms with Gasteiger partial charge < -0.3 is 25.2 Å². The van der Waals surface area contributed by atoms with E-state index in [4.69, 9.17) is 5.11 Å². The molecule has 1 fully saturated rings. The largest absolute Gasteiger partial charge is 0.480 e. The first-order chi connectivity index (χ1) is 9.38. The fourth-order valence-electron chi connectivity index (χ4n) is 2.09. The number of aliphatic hydroxyl groups excluding tert-OH is 1. The van der Waals surface area contributed by atoms with Crippen LogP contribution in [0.25, 0.3) is 0 Å². The summed E-state index contributed by atoms with van der Waals surface area (Å²) in [5.74, 6) is -2.15. The molecule has 2 atom stereocenters. The number of carboxylic acids is 1. The van der Waals surface area contributed by atoms with E-state index in [0.29, 0.717) is 0 Å². The summed E-state index contributed by atoms with van der Waals surface area (Å²) in [5, 5.41) is 32.5. The first-order valence-electron chi connectivity index (χ1n) is 5.76. The maximum Gasteiger partial charge on any atom is 0.389 e. The highest BCUT2D eigenvalue weighted by atomic mass is 16.6. The molecule has 0 bridgehead atoms. The Morgan fingerprint density at radius 3 is 2.80 bits per heavy atom. The summed E-state index contributed by atoms with van der Waals surface area (Å²) >= 11 is 0. The van der Waals surface area contributed by atoms with E-state index < -0.39 is 34.8 Å². The molecular formula is C10H12N4O6. The minimum atomic E-state index is -1.19. The number of β-amino-alcohol motifs (C(OH)–C–C–N with tert-alkyl or cyclic N) is 1. The molecule has 0 radical (unpaired) electrons. The molecule has 0 aromatic carbocycles. The van der Waals surface area contributed by atoms with E-state index in [1.807, 2.05) is 0 Å². The zero-order chi connectivity index (χ0) is 14.9. The van der Waals surface area contributed by atoms with Crippen LogP contribution in [-0.4, -0.2) is 60.4 Å². The van der Waals surface area contributed by atoms with Gasteiger partial charge in [-0.15, -0.1) is 0 Å². The average Bonchev–Trinajstić information content (AvgIpc) is 2.95. The predicted octanol–water partition coefficient (Wildman–Crippen LogP) is -1.16. The van der Waals surface area contributed by atoms with Crippen LogP contribution in [0.4, 0.5) is 5.82 Å². The first-order valence-corrected chi connectivity index (χ1v) is 5.76. The molecule has 0 saturated carbocycles. The van der Waals surface area contributed by atoms with Gasteiger partial charge in [0.2, 0.25) is 5.91 Å². The van der Waals surface area contributed by atoms with Crippen LogP contribution in [-0.2, 0) is 16.1 Å². The van der Waals surface area contributed by atoms with Gasteiger partial charge in [-0.05, 0) is 4.92 Å². The number of likely N-dealkylation sites (tertiary alicyclic amines) is 1. The summed E-state index contributed by atoms with van der Waals surface area (Å²) in [4.78, 5) is 33.8. The minimum absolute atomic E-state index is 0.0275. The molecule has 0 aliphatic carbocycles. The molecule has 1 aliphatic heterocycles. The number of hydrogen-bond acceptors (Lipinski definition) is 6. The van der Waals surface area contributed by atoms with E-state index in [9.17, 15) is 24.8 Å². The number of hydrogen-bond donors (Lipinski definition) is 2. The predicted molar refractivity (Wildman–Crippen MR) is 62.6 cm³/mol. The second-order valence-corrected chi connectivity index (χ2v) is 4.42. The minimum Gasteiger partial charge on any atom is -0.480 e. The van der Waals surface area contributed by atoms with Crippen LogP contribution in [0.3, 0.4) is 0 Å². The van der Waals surface area contributed by atoms with E-state index in [2.05, 4.69) is 5.10 Å². The Hall–Kier alpha value is -2.49. The van der Waals surface area contributed by atoms with Crippen LogP contribution in [0.15, 0.2) is 12.3 Å². The lowest BCUT2D eigenvalue weighted by atomic mass is 10.2.